The van der Waals surface area contributed by atoms with Crippen LogP contribution in [0.2, 0.25) is 5.02 Å². The summed E-state index contributed by atoms with van der Waals surface area (Å²) >= 11 is 5.83. The van der Waals surface area contributed by atoms with Crippen LogP contribution in [0.5, 0.6) is 0 Å². The average Bonchev–Trinajstić information content (AvgIpc) is 2.51. The summed E-state index contributed by atoms with van der Waals surface area (Å²) in [6.07, 6.45) is 3.20. The average molecular weight is 322 g/mol. The van der Waals surface area contributed by atoms with E-state index in [0.717, 1.165) is 17.7 Å². The van der Waals surface area contributed by atoms with Crippen LogP contribution in [0, 0.1) is 5.82 Å². The van der Waals surface area contributed by atoms with Crippen molar-refractivity contribution in [1.82, 2.24) is 10.3 Å². The van der Waals surface area contributed by atoms with Gasteiger partial charge in [-0.1, -0.05) is 17.7 Å². The number of hydrogen-bond acceptors (Lipinski definition) is 3. The van der Waals surface area contributed by atoms with Crippen molar-refractivity contribution in [2.45, 2.75) is 13.0 Å². The first-order valence-corrected chi connectivity index (χ1v) is 6.82. The van der Waals surface area contributed by atoms with Crippen molar-refractivity contribution in [3.63, 3.8) is 0 Å². The van der Waals surface area contributed by atoms with Crippen LogP contribution >= 0.6 is 11.6 Å². The van der Waals surface area contributed by atoms with Crippen molar-refractivity contribution in [3.8, 4) is 0 Å². The molecule has 5 nitrogen and oxygen atoms in total. The van der Waals surface area contributed by atoms with Gasteiger partial charge in [0.15, 0.2) is 0 Å². The Balaban J connectivity index is 2.01. The van der Waals surface area contributed by atoms with Gasteiger partial charge in [0.1, 0.15) is 5.82 Å². The molecule has 2 N–H and O–H groups in total. The highest BCUT2D eigenvalue weighted by atomic mass is 35.5. The van der Waals surface area contributed by atoms with Crippen LogP contribution in [0.4, 0.5) is 10.1 Å². The Bertz CT molecular complexity index is 694. The monoisotopic (exact) mass is 321 g/mol. The Morgan fingerprint density at radius 3 is 2.73 bits per heavy atom. The fraction of sp³-hybridized carbons (Fsp3) is 0.133. The molecule has 0 bridgehead atoms. The molecule has 2 aromatic rings. The number of halogens is 2. The minimum atomic E-state index is -0.928. The lowest BCUT2D eigenvalue weighted by molar-refractivity contribution is -0.136. The summed E-state index contributed by atoms with van der Waals surface area (Å²) < 4.78 is 13.1. The molecule has 0 saturated carbocycles. The maximum Gasteiger partial charge on any atom is 0.313 e. The second-order valence-electron chi connectivity index (χ2n) is 4.56. The summed E-state index contributed by atoms with van der Waals surface area (Å²) in [5, 5.41) is 4.93. The van der Waals surface area contributed by atoms with Crippen LogP contribution < -0.4 is 10.6 Å². The summed E-state index contributed by atoms with van der Waals surface area (Å²) in [5.74, 6) is -2.34. The van der Waals surface area contributed by atoms with E-state index in [1.54, 1.807) is 31.5 Å². The molecule has 7 heteroatoms. The van der Waals surface area contributed by atoms with Gasteiger partial charge < -0.3 is 10.6 Å². The number of rotatable bonds is 3. The van der Waals surface area contributed by atoms with Crippen LogP contribution in [0.25, 0.3) is 0 Å². The second-order valence-corrected chi connectivity index (χ2v) is 4.97. The highest BCUT2D eigenvalue weighted by Gasteiger charge is 2.18. The molecular weight excluding hydrogens is 309 g/mol. The van der Waals surface area contributed by atoms with E-state index in [9.17, 15) is 14.0 Å². The summed E-state index contributed by atoms with van der Waals surface area (Å²) in [6.45, 7) is 1.72. The zero-order valence-corrected chi connectivity index (χ0v) is 12.4. The number of carbonyl (C=O) groups is 2. The Labute approximate surface area is 131 Å². The van der Waals surface area contributed by atoms with E-state index < -0.39 is 23.7 Å². The van der Waals surface area contributed by atoms with Gasteiger partial charge in [0, 0.05) is 12.4 Å². The van der Waals surface area contributed by atoms with E-state index in [1.165, 1.54) is 6.07 Å². The number of hydrogen-bond donors (Lipinski definition) is 2. The third-order valence-corrected chi connectivity index (χ3v) is 3.24. The Morgan fingerprint density at radius 1 is 1.27 bits per heavy atom. The first-order chi connectivity index (χ1) is 10.5. The molecule has 0 saturated heterocycles. The van der Waals surface area contributed by atoms with Crippen molar-refractivity contribution >= 4 is 29.1 Å². The molecule has 0 radical (unpaired) electrons. The Morgan fingerprint density at radius 2 is 2.05 bits per heavy atom. The zero-order chi connectivity index (χ0) is 16.1. The summed E-state index contributed by atoms with van der Waals surface area (Å²) in [4.78, 5) is 27.6. The molecular formula is C15H13ClFN3O2. The van der Waals surface area contributed by atoms with Gasteiger partial charge in [0.05, 0.1) is 16.8 Å². The van der Waals surface area contributed by atoms with E-state index in [1.807, 2.05) is 0 Å². The van der Waals surface area contributed by atoms with E-state index >= 15 is 0 Å². The number of aromatic nitrogens is 1. The third-order valence-electron chi connectivity index (χ3n) is 2.91. The predicted octanol–water partition coefficient (Wildman–Crippen LogP) is 2.69. The third kappa shape index (κ3) is 4.02. The number of anilines is 1. The van der Waals surface area contributed by atoms with Gasteiger partial charge in [-0.15, -0.1) is 0 Å². The molecule has 114 valence electrons. The Kier molecular flexibility index (Phi) is 5.06. The van der Waals surface area contributed by atoms with E-state index in [-0.39, 0.29) is 10.7 Å². The van der Waals surface area contributed by atoms with Crippen molar-refractivity contribution in [2.24, 2.45) is 0 Å². The van der Waals surface area contributed by atoms with Gasteiger partial charge in [-0.05, 0) is 36.8 Å². The normalized spacial score (nSPS) is 11.6. The molecule has 0 aliphatic carbocycles. The topological polar surface area (TPSA) is 71.1 Å². The maximum absolute atomic E-state index is 13.1. The van der Waals surface area contributed by atoms with Crippen molar-refractivity contribution in [2.75, 3.05) is 5.32 Å². The molecule has 1 aromatic carbocycles. The molecule has 2 amide bonds. The number of nitrogens with one attached hydrogen (secondary N) is 2. The van der Waals surface area contributed by atoms with Crippen LogP contribution in [0.3, 0.4) is 0 Å². The molecule has 2 rings (SSSR count). The molecule has 22 heavy (non-hydrogen) atoms. The first kappa shape index (κ1) is 15.9. The molecule has 0 aliphatic heterocycles. The number of carbonyl (C=O) groups excluding carboxylic acids is 2. The zero-order valence-electron chi connectivity index (χ0n) is 11.6. The molecule has 1 heterocycles. The van der Waals surface area contributed by atoms with Crippen LogP contribution in [-0.4, -0.2) is 16.8 Å². The number of benzene rings is 1. The lowest BCUT2D eigenvalue weighted by Gasteiger charge is -2.14. The summed E-state index contributed by atoms with van der Waals surface area (Å²) in [7, 11) is 0. The smallest absolute Gasteiger partial charge is 0.313 e. The van der Waals surface area contributed by atoms with Gasteiger partial charge >= 0.3 is 11.8 Å². The highest BCUT2D eigenvalue weighted by Crippen LogP contribution is 2.22. The quantitative estimate of drug-likeness (QED) is 0.854. The first-order valence-electron chi connectivity index (χ1n) is 6.44. The van der Waals surface area contributed by atoms with Gasteiger partial charge in [-0.25, -0.2) is 4.39 Å². The minimum absolute atomic E-state index is 0.0378. The molecule has 0 unspecified atom stereocenters. The van der Waals surface area contributed by atoms with Crippen LogP contribution in [0.1, 0.15) is 18.5 Å². The van der Waals surface area contributed by atoms with Gasteiger partial charge in [-0.3, -0.25) is 14.6 Å². The minimum Gasteiger partial charge on any atom is -0.341 e. The molecule has 1 atom stereocenters. The second kappa shape index (κ2) is 7.00. The van der Waals surface area contributed by atoms with Gasteiger partial charge in [-0.2, -0.15) is 0 Å². The highest BCUT2D eigenvalue weighted by molar-refractivity contribution is 6.41. The lowest BCUT2D eigenvalue weighted by atomic mass is 10.1. The molecule has 0 aliphatic rings. The van der Waals surface area contributed by atoms with Crippen molar-refractivity contribution in [1.29, 1.82) is 0 Å². The van der Waals surface area contributed by atoms with Crippen molar-refractivity contribution < 1.29 is 14.0 Å². The molecule has 0 spiro atoms. The summed E-state index contributed by atoms with van der Waals surface area (Å²) in [5.41, 5.74) is 0.795. The number of amides is 2. The fourth-order valence-electron chi connectivity index (χ4n) is 1.75. The van der Waals surface area contributed by atoms with E-state index in [2.05, 4.69) is 15.6 Å². The van der Waals surface area contributed by atoms with Gasteiger partial charge in [0.25, 0.3) is 0 Å². The fourth-order valence-corrected chi connectivity index (χ4v) is 1.91. The lowest BCUT2D eigenvalue weighted by Crippen LogP contribution is -2.37. The largest absolute Gasteiger partial charge is 0.341 e. The van der Waals surface area contributed by atoms with Gasteiger partial charge in [0.2, 0.25) is 0 Å². The predicted molar refractivity (Wildman–Crippen MR) is 80.8 cm³/mol. The number of pyridine rings is 1. The van der Waals surface area contributed by atoms with E-state index in [0.29, 0.717) is 0 Å². The molecule has 1 aromatic heterocycles. The summed E-state index contributed by atoms with van der Waals surface area (Å²) in [6, 6.07) is 6.60. The Hall–Kier alpha value is -2.47. The van der Waals surface area contributed by atoms with Crippen molar-refractivity contribution in [3.05, 3.63) is 59.1 Å². The van der Waals surface area contributed by atoms with E-state index in [4.69, 9.17) is 11.6 Å². The van der Waals surface area contributed by atoms with Crippen LogP contribution in [0.15, 0.2) is 42.7 Å². The van der Waals surface area contributed by atoms with Crippen LogP contribution in [-0.2, 0) is 9.59 Å². The number of nitrogens with zero attached hydrogens (tertiary/aromatic N) is 1. The standard InChI is InChI=1S/C15H13ClFN3O2/c1-9(10-3-2-6-18-8-10)19-14(21)15(22)20-13-7-11(17)4-5-12(13)16/h2-9H,1H3,(H,19,21)(H,20,22)/t9-/m0/s1. The molecule has 0 fully saturated rings. The maximum atomic E-state index is 13.1. The SMILES string of the molecule is C[C@H](NC(=O)C(=O)Nc1cc(F)ccc1Cl)c1cccnc1.